The van der Waals surface area contributed by atoms with E-state index < -0.39 is 0 Å². The Kier molecular flexibility index (Phi) is 3.03. The first-order valence-corrected chi connectivity index (χ1v) is 5.78. The van der Waals surface area contributed by atoms with E-state index >= 15 is 0 Å². The maximum atomic E-state index is 9.30. The van der Waals surface area contributed by atoms with Gasteiger partial charge in [0.1, 0.15) is 0 Å². The zero-order valence-corrected chi connectivity index (χ0v) is 10.8. The van der Waals surface area contributed by atoms with Gasteiger partial charge in [-0.2, -0.15) is 5.10 Å². The molecule has 0 spiro atoms. The highest BCUT2D eigenvalue weighted by Gasteiger charge is 2.11. The van der Waals surface area contributed by atoms with E-state index in [0.29, 0.717) is 0 Å². The van der Waals surface area contributed by atoms with Crippen LogP contribution in [0.3, 0.4) is 0 Å². The molecule has 1 aromatic carbocycles. The predicted molar refractivity (Wildman–Crippen MR) is 68.4 cm³/mol. The molecular formula is C14H18N2O. The van der Waals surface area contributed by atoms with E-state index in [1.165, 1.54) is 11.1 Å². The molecule has 1 N–H and O–H groups in total. The topological polar surface area (TPSA) is 38.0 Å². The molecule has 90 valence electrons. The highest BCUT2D eigenvalue weighted by molar-refractivity contribution is 5.42. The minimum absolute atomic E-state index is 0.0442. The van der Waals surface area contributed by atoms with Crippen LogP contribution in [0.4, 0.5) is 0 Å². The lowest BCUT2D eigenvalue weighted by Gasteiger charge is -2.07. The molecule has 1 aromatic heterocycles. The third kappa shape index (κ3) is 1.98. The van der Waals surface area contributed by atoms with Gasteiger partial charge in [0.2, 0.25) is 0 Å². The Balaban J connectivity index is 2.57. The summed E-state index contributed by atoms with van der Waals surface area (Å²) >= 11 is 0. The van der Waals surface area contributed by atoms with E-state index in [4.69, 9.17) is 0 Å². The first-order chi connectivity index (χ1) is 8.04. The Hall–Kier alpha value is -1.61. The molecule has 17 heavy (non-hydrogen) atoms. The van der Waals surface area contributed by atoms with E-state index in [2.05, 4.69) is 37.1 Å². The van der Waals surface area contributed by atoms with Crippen LogP contribution >= 0.6 is 0 Å². The third-order valence-corrected chi connectivity index (χ3v) is 3.33. The largest absolute Gasteiger partial charge is 0.392 e. The van der Waals surface area contributed by atoms with Crippen LogP contribution in [0.15, 0.2) is 18.2 Å². The molecule has 0 aliphatic heterocycles. The second-order valence-electron chi connectivity index (χ2n) is 4.49. The molecule has 0 saturated heterocycles. The lowest BCUT2D eigenvalue weighted by atomic mass is 10.1. The summed E-state index contributed by atoms with van der Waals surface area (Å²) in [6, 6.07) is 6.28. The van der Waals surface area contributed by atoms with Gasteiger partial charge >= 0.3 is 0 Å². The van der Waals surface area contributed by atoms with Crippen LogP contribution in [0, 0.1) is 27.7 Å². The van der Waals surface area contributed by atoms with Crippen molar-refractivity contribution in [3.63, 3.8) is 0 Å². The van der Waals surface area contributed by atoms with Gasteiger partial charge in [0.25, 0.3) is 0 Å². The van der Waals surface area contributed by atoms with Gasteiger partial charge in [-0.1, -0.05) is 6.07 Å². The molecule has 3 heteroatoms. The second-order valence-corrected chi connectivity index (χ2v) is 4.49. The van der Waals surface area contributed by atoms with E-state index in [1.54, 1.807) is 0 Å². The molecule has 0 amide bonds. The first-order valence-electron chi connectivity index (χ1n) is 5.78. The van der Waals surface area contributed by atoms with Crippen LogP contribution in [0.5, 0.6) is 0 Å². The Labute approximate surface area is 102 Å². The minimum Gasteiger partial charge on any atom is -0.392 e. The van der Waals surface area contributed by atoms with Crippen molar-refractivity contribution in [2.24, 2.45) is 0 Å². The van der Waals surface area contributed by atoms with E-state index in [9.17, 15) is 5.11 Å². The van der Waals surface area contributed by atoms with Crippen molar-refractivity contribution in [1.29, 1.82) is 0 Å². The fourth-order valence-electron chi connectivity index (χ4n) is 2.01. The number of aliphatic hydroxyl groups is 1. The Morgan fingerprint density at radius 1 is 1.12 bits per heavy atom. The number of aliphatic hydroxyl groups excluding tert-OH is 1. The van der Waals surface area contributed by atoms with Crippen molar-refractivity contribution in [2.75, 3.05) is 0 Å². The van der Waals surface area contributed by atoms with Gasteiger partial charge < -0.3 is 5.11 Å². The number of hydrogen-bond donors (Lipinski definition) is 1. The summed E-state index contributed by atoms with van der Waals surface area (Å²) in [5.41, 5.74) is 6.39. The van der Waals surface area contributed by atoms with Crippen LogP contribution in [0.2, 0.25) is 0 Å². The summed E-state index contributed by atoms with van der Waals surface area (Å²) in [6.45, 7) is 8.15. The van der Waals surface area contributed by atoms with Gasteiger partial charge in [-0.05, 0) is 51.0 Å². The zero-order chi connectivity index (χ0) is 12.6. The van der Waals surface area contributed by atoms with Gasteiger partial charge in [0, 0.05) is 11.3 Å². The molecule has 0 fully saturated rings. The standard InChI is InChI=1S/C14H18N2O/c1-9-5-6-13(7-10(9)2)16-12(4)14(8-17)11(3)15-16/h5-7,17H,8H2,1-4H3. The normalized spacial score (nSPS) is 10.9. The second kappa shape index (κ2) is 4.34. The molecular weight excluding hydrogens is 212 g/mol. The van der Waals surface area contributed by atoms with Crippen LogP contribution in [0.1, 0.15) is 28.1 Å². The average molecular weight is 230 g/mol. The lowest BCUT2D eigenvalue weighted by Crippen LogP contribution is -2.00. The third-order valence-electron chi connectivity index (χ3n) is 3.33. The quantitative estimate of drug-likeness (QED) is 0.861. The summed E-state index contributed by atoms with van der Waals surface area (Å²) in [5, 5.41) is 13.8. The van der Waals surface area contributed by atoms with E-state index in [1.807, 2.05) is 18.5 Å². The molecule has 0 aliphatic carbocycles. The van der Waals surface area contributed by atoms with Crippen molar-refractivity contribution in [3.8, 4) is 5.69 Å². The highest BCUT2D eigenvalue weighted by Crippen LogP contribution is 2.19. The van der Waals surface area contributed by atoms with Crippen molar-refractivity contribution >= 4 is 0 Å². The monoisotopic (exact) mass is 230 g/mol. The van der Waals surface area contributed by atoms with E-state index in [0.717, 1.165) is 22.6 Å². The van der Waals surface area contributed by atoms with Gasteiger partial charge in [0.05, 0.1) is 18.0 Å². The first kappa shape index (κ1) is 11.9. The summed E-state index contributed by atoms with van der Waals surface area (Å²) in [6.07, 6.45) is 0. The maximum Gasteiger partial charge on any atom is 0.0718 e. The number of aromatic nitrogens is 2. The van der Waals surface area contributed by atoms with Crippen molar-refractivity contribution in [2.45, 2.75) is 34.3 Å². The van der Waals surface area contributed by atoms with Crippen LogP contribution in [-0.4, -0.2) is 14.9 Å². The Bertz CT molecular complexity index is 556. The Morgan fingerprint density at radius 2 is 1.82 bits per heavy atom. The minimum atomic E-state index is 0.0442. The van der Waals surface area contributed by atoms with Gasteiger partial charge in [-0.3, -0.25) is 0 Å². The summed E-state index contributed by atoms with van der Waals surface area (Å²) in [4.78, 5) is 0. The van der Waals surface area contributed by atoms with Gasteiger partial charge in [-0.15, -0.1) is 0 Å². The van der Waals surface area contributed by atoms with Crippen molar-refractivity contribution < 1.29 is 5.11 Å². The molecule has 0 atom stereocenters. The molecule has 3 nitrogen and oxygen atoms in total. The number of aryl methyl sites for hydroxylation is 3. The summed E-state index contributed by atoms with van der Waals surface area (Å²) < 4.78 is 1.90. The zero-order valence-electron chi connectivity index (χ0n) is 10.8. The molecule has 1 heterocycles. The number of benzene rings is 1. The number of rotatable bonds is 2. The van der Waals surface area contributed by atoms with Crippen LogP contribution in [0.25, 0.3) is 5.69 Å². The fraction of sp³-hybridized carbons (Fsp3) is 0.357. The summed E-state index contributed by atoms with van der Waals surface area (Å²) in [7, 11) is 0. The molecule has 0 radical (unpaired) electrons. The van der Waals surface area contributed by atoms with Crippen molar-refractivity contribution in [3.05, 3.63) is 46.3 Å². The molecule has 2 rings (SSSR count). The summed E-state index contributed by atoms with van der Waals surface area (Å²) in [5.74, 6) is 0. The smallest absolute Gasteiger partial charge is 0.0718 e. The molecule has 0 aliphatic rings. The van der Waals surface area contributed by atoms with Crippen LogP contribution in [-0.2, 0) is 6.61 Å². The maximum absolute atomic E-state index is 9.30. The highest BCUT2D eigenvalue weighted by atomic mass is 16.3. The fourth-order valence-corrected chi connectivity index (χ4v) is 2.01. The Morgan fingerprint density at radius 3 is 2.35 bits per heavy atom. The van der Waals surface area contributed by atoms with E-state index in [-0.39, 0.29) is 6.61 Å². The molecule has 0 saturated carbocycles. The molecule has 2 aromatic rings. The lowest BCUT2D eigenvalue weighted by molar-refractivity contribution is 0.280. The molecule has 0 unspecified atom stereocenters. The van der Waals surface area contributed by atoms with Gasteiger partial charge in [-0.25, -0.2) is 4.68 Å². The van der Waals surface area contributed by atoms with Crippen molar-refractivity contribution in [1.82, 2.24) is 9.78 Å². The average Bonchev–Trinajstić information content (AvgIpc) is 2.58. The SMILES string of the molecule is Cc1ccc(-n2nc(C)c(CO)c2C)cc1C. The number of nitrogens with zero attached hydrogens (tertiary/aromatic N) is 2. The number of hydrogen-bond acceptors (Lipinski definition) is 2. The van der Waals surface area contributed by atoms with Gasteiger partial charge in [0.15, 0.2) is 0 Å². The van der Waals surface area contributed by atoms with Crippen LogP contribution < -0.4 is 0 Å². The molecule has 0 bridgehead atoms. The predicted octanol–water partition coefficient (Wildman–Crippen LogP) is 2.60.